The van der Waals surface area contributed by atoms with Crippen LogP contribution in [0.3, 0.4) is 0 Å². The molecule has 3 aromatic rings. The zero-order valence-electron chi connectivity index (χ0n) is 10.6. The summed E-state index contributed by atoms with van der Waals surface area (Å²) in [4.78, 5) is 13.8. The Morgan fingerprint density at radius 3 is 2.90 bits per heavy atom. The van der Waals surface area contributed by atoms with Crippen LogP contribution < -0.4 is 5.76 Å². The summed E-state index contributed by atoms with van der Waals surface area (Å²) >= 11 is 10.1. The zero-order valence-corrected chi connectivity index (χ0v) is 13.0. The second-order valence-electron chi connectivity index (χ2n) is 4.61. The summed E-state index contributed by atoms with van der Waals surface area (Å²) in [5, 5.41) is -0.311. The molecule has 2 aromatic carbocycles. The highest BCUT2D eigenvalue weighted by Crippen LogP contribution is 2.36. The Balaban J connectivity index is 2.09. The highest BCUT2D eigenvalue weighted by Gasteiger charge is 2.16. The third-order valence-electron chi connectivity index (χ3n) is 3.23. The monoisotopic (exact) mass is 351 g/mol. The molecule has 0 amide bonds. The standard InChI is InChI=1S/C15H11BrClNO2/c1-8-3-2-4-10(13(8)16)14(17)9-5-6-11-12(7-9)20-15(19)18-11/h2-7,14H,1H3,(H,18,19). The Labute approximate surface area is 128 Å². The summed E-state index contributed by atoms with van der Waals surface area (Å²) in [6, 6.07) is 11.5. The molecule has 1 unspecified atom stereocenters. The Bertz CT molecular complexity index is 837. The SMILES string of the molecule is Cc1cccc(C(Cl)c2ccc3[nH]c(=O)oc3c2)c1Br. The lowest BCUT2D eigenvalue weighted by Gasteiger charge is -2.13. The third kappa shape index (κ3) is 2.30. The van der Waals surface area contributed by atoms with Gasteiger partial charge in [0.2, 0.25) is 0 Å². The summed E-state index contributed by atoms with van der Waals surface area (Å²) < 4.78 is 6.06. The third-order valence-corrected chi connectivity index (χ3v) is 4.80. The lowest BCUT2D eigenvalue weighted by Crippen LogP contribution is -1.95. The predicted molar refractivity (Wildman–Crippen MR) is 83.4 cm³/mol. The predicted octanol–water partition coefficient (Wildman–Crippen LogP) is 4.52. The maximum Gasteiger partial charge on any atom is 0.417 e. The smallest absolute Gasteiger partial charge is 0.408 e. The number of benzene rings is 2. The van der Waals surface area contributed by atoms with E-state index in [1.165, 1.54) is 0 Å². The molecular weight excluding hydrogens is 342 g/mol. The number of fused-ring (bicyclic) bond motifs is 1. The summed E-state index contributed by atoms with van der Waals surface area (Å²) in [5.74, 6) is -0.458. The molecule has 3 rings (SSSR count). The van der Waals surface area contributed by atoms with E-state index >= 15 is 0 Å². The van der Waals surface area contributed by atoms with Gasteiger partial charge in [-0.15, -0.1) is 11.6 Å². The Morgan fingerprint density at radius 1 is 1.30 bits per heavy atom. The van der Waals surface area contributed by atoms with E-state index in [2.05, 4.69) is 20.9 Å². The molecule has 1 heterocycles. The van der Waals surface area contributed by atoms with Crippen LogP contribution in [0.5, 0.6) is 0 Å². The average molecular weight is 353 g/mol. The second kappa shape index (κ2) is 5.11. The van der Waals surface area contributed by atoms with Gasteiger partial charge in [0.05, 0.1) is 10.9 Å². The molecule has 0 radical (unpaired) electrons. The molecule has 0 spiro atoms. The summed E-state index contributed by atoms with van der Waals surface area (Å²) in [6.07, 6.45) is 0. The van der Waals surface area contributed by atoms with E-state index in [-0.39, 0.29) is 5.38 Å². The fraction of sp³-hybridized carbons (Fsp3) is 0.133. The van der Waals surface area contributed by atoms with Gasteiger partial charge in [-0.05, 0) is 35.7 Å². The number of aromatic nitrogens is 1. The van der Waals surface area contributed by atoms with Crippen molar-refractivity contribution in [2.24, 2.45) is 0 Å². The van der Waals surface area contributed by atoms with Crippen molar-refractivity contribution in [2.45, 2.75) is 12.3 Å². The number of halogens is 2. The van der Waals surface area contributed by atoms with Crippen LogP contribution >= 0.6 is 27.5 Å². The van der Waals surface area contributed by atoms with E-state index in [0.29, 0.717) is 11.1 Å². The Kier molecular flexibility index (Phi) is 3.44. The van der Waals surface area contributed by atoms with E-state index in [0.717, 1.165) is 21.2 Å². The van der Waals surface area contributed by atoms with Crippen molar-refractivity contribution in [3.63, 3.8) is 0 Å². The molecule has 5 heteroatoms. The Morgan fingerprint density at radius 2 is 2.10 bits per heavy atom. The molecule has 0 saturated carbocycles. The van der Waals surface area contributed by atoms with Crippen LogP contribution in [0.2, 0.25) is 0 Å². The van der Waals surface area contributed by atoms with Gasteiger partial charge in [0.15, 0.2) is 5.58 Å². The Hall–Kier alpha value is -1.52. The molecule has 1 atom stereocenters. The summed E-state index contributed by atoms with van der Waals surface area (Å²) in [7, 11) is 0. The second-order valence-corrected chi connectivity index (χ2v) is 5.84. The van der Waals surface area contributed by atoms with Gasteiger partial charge < -0.3 is 4.42 Å². The molecule has 0 aliphatic rings. The van der Waals surface area contributed by atoms with E-state index in [1.54, 1.807) is 12.1 Å². The quantitative estimate of drug-likeness (QED) is 0.689. The number of aryl methyl sites for hydroxylation is 1. The van der Waals surface area contributed by atoms with E-state index < -0.39 is 5.76 Å². The largest absolute Gasteiger partial charge is 0.417 e. The molecule has 0 aliphatic heterocycles. The molecule has 3 nitrogen and oxygen atoms in total. The number of hydrogen-bond donors (Lipinski definition) is 1. The number of aromatic amines is 1. The number of nitrogens with one attached hydrogen (secondary N) is 1. The molecule has 0 saturated heterocycles. The van der Waals surface area contributed by atoms with Crippen molar-refractivity contribution in [3.8, 4) is 0 Å². The van der Waals surface area contributed by atoms with Crippen LogP contribution in [0.4, 0.5) is 0 Å². The first-order chi connectivity index (χ1) is 9.56. The first-order valence-corrected chi connectivity index (χ1v) is 7.31. The van der Waals surface area contributed by atoms with Crippen LogP contribution in [0.25, 0.3) is 11.1 Å². The van der Waals surface area contributed by atoms with Crippen molar-refractivity contribution in [1.29, 1.82) is 0 Å². The molecule has 1 N–H and O–H groups in total. The van der Waals surface area contributed by atoms with Gasteiger partial charge in [0.25, 0.3) is 0 Å². The fourth-order valence-corrected chi connectivity index (χ4v) is 3.11. The normalized spacial score (nSPS) is 12.8. The summed E-state index contributed by atoms with van der Waals surface area (Å²) in [5.41, 5.74) is 4.19. The van der Waals surface area contributed by atoms with Crippen molar-refractivity contribution < 1.29 is 4.42 Å². The van der Waals surface area contributed by atoms with E-state index in [1.807, 2.05) is 31.2 Å². The lowest BCUT2D eigenvalue weighted by atomic mass is 10.0. The van der Waals surface area contributed by atoms with Crippen LogP contribution in [0, 0.1) is 6.92 Å². The molecule has 0 bridgehead atoms. The average Bonchev–Trinajstić information content (AvgIpc) is 2.80. The van der Waals surface area contributed by atoms with Crippen LogP contribution in [-0.2, 0) is 0 Å². The van der Waals surface area contributed by atoms with Crippen LogP contribution in [0.1, 0.15) is 22.1 Å². The molecule has 20 heavy (non-hydrogen) atoms. The van der Waals surface area contributed by atoms with Gasteiger partial charge in [-0.3, -0.25) is 4.98 Å². The van der Waals surface area contributed by atoms with E-state index in [9.17, 15) is 4.79 Å². The first-order valence-electron chi connectivity index (χ1n) is 6.08. The molecule has 1 aromatic heterocycles. The molecule has 102 valence electrons. The van der Waals surface area contributed by atoms with Gasteiger partial charge in [0, 0.05) is 4.47 Å². The highest BCUT2D eigenvalue weighted by atomic mass is 79.9. The number of rotatable bonds is 2. The molecule has 0 aliphatic carbocycles. The number of H-pyrrole nitrogens is 1. The van der Waals surface area contributed by atoms with Crippen molar-refractivity contribution in [1.82, 2.24) is 4.98 Å². The van der Waals surface area contributed by atoms with Gasteiger partial charge in [-0.2, -0.15) is 0 Å². The van der Waals surface area contributed by atoms with Gasteiger partial charge in [-0.1, -0.05) is 40.2 Å². The minimum atomic E-state index is -0.458. The van der Waals surface area contributed by atoms with Crippen LogP contribution in [-0.4, -0.2) is 4.98 Å². The van der Waals surface area contributed by atoms with Crippen molar-refractivity contribution in [2.75, 3.05) is 0 Å². The van der Waals surface area contributed by atoms with Gasteiger partial charge in [0.1, 0.15) is 0 Å². The highest BCUT2D eigenvalue weighted by molar-refractivity contribution is 9.10. The number of alkyl halides is 1. The number of hydrogen-bond acceptors (Lipinski definition) is 2. The van der Waals surface area contributed by atoms with Gasteiger partial charge in [-0.25, -0.2) is 4.79 Å². The maximum atomic E-state index is 11.2. The van der Waals surface area contributed by atoms with Crippen LogP contribution in [0.15, 0.2) is 50.1 Å². The number of oxazole rings is 1. The topological polar surface area (TPSA) is 46.0 Å². The van der Waals surface area contributed by atoms with Crippen molar-refractivity contribution >= 4 is 38.6 Å². The summed E-state index contributed by atoms with van der Waals surface area (Å²) in [6.45, 7) is 2.02. The first kappa shape index (κ1) is 13.5. The molecular formula is C15H11BrClNO2. The lowest BCUT2D eigenvalue weighted by molar-refractivity contribution is 0.555. The maximum absolute atomic E-state index is 11.2. The zero-order chi connectivity index (χ0) is 14.3. The van der Waals surface area contributed by atoms with Gasteiger partial charge >= 0.3 is 5.76 Å². The minimum absolute atomic E-state index is 0.311. The van der Waals surface area contributed by atoms with E-state index in [4.69, 9.17) is 16.0 Å². The fourth-order valence-electron chi connectivity index (χ4n) is 2.17. The minimum Gasteiger partial charge on any atom is -0.408 e. The van der Waals surface area contributed by atoms with Crippen molar-refractivity contribution in [3.05, 3.63) is 68.1 Å². The molecule has 0 fully saturated rings.